The van der Waals surface area contributed by atoms with Crippen molar-refractivity contribution < 1.29 is 8.42 Å². The van der Waals surface area contributed by atoms with Crippen molar-refractivity contribution in [3.63, 3.8) is 0 Å². The van der Waals surface area contributed by atoms with Gasteiger partial charge in [0.2, 0.25) is 10.0 Å². The third-order valence-electron chi connectivity index (χ3n) is 2.75. The Balaban J connectivity index is 2.92. The number of sulfonamides is 1. The Labute approximate surface area is 124 Å². The molecule has 0 saturated heterocycles. The van der Waals surface area contributed by atoms with Gasteiger partial charge in [0.15, 0.2) is 0 Å². The van der Waals surface area contributed by atoms with E-state index in [-0.39, 0.29) is 10.3 Å². The van der Waals surface area contributed by atoms with Crippen molar-refractivity contribution in [2.24, 2.45) is 5.41 Å². The number of hydrogen-bond donors (Lipinski definition) is 2. The number of hydrogen-bond acceptors (Lipinski definition) is 3. The summed E-state index contributed by atoms with van der Waals surface area (Å²) in [5.74, 6) is 0. The molecule has 0 saturated carbocycles. The molecule has 0 atom stereocenters. The van der Waals surface area contributed by atoms with Crippen molar-refractivity contribution in [1.82, 2.24) is 4.72 Å². The van der Waals surface area contributed by atoms with Crippen molar-refractivity contribution in [2.75, 3.05) is 12.3 Å². The van der Waals surface area contributed by atoms with E-state index in [0.29, 0.717) is 22.3 Å². The van der Waals surface area contributed by atoms with Crippen LogP contribution in [0.3, 0.4) is 0 Å². The molecule has 0 radical (unpaired) electrons. The molecule has 0 aliphatic rings. The Hall–Kier alpha value is -0.590. The summed E-state index contributed by atoms with van der Waals surface area (Å²) < 4.78 is 27.8. The van der Waals surface area contributed by atoms with Gasteiger partial charge in [0, 0.05) is 16.7 Å². The van der Waals surface area contributed by atoms with Gasteiger partial charge in [-0.3, -0.25) is 0 Å². The molecule has 6 heteroatoms. The van der Waals surface area contributed by atoms with Crippen LogP contribution in [0.25, 0.3) is 0 Å². The molecule has 108 valence electrons. The number of rotatable bonds is 4. The molecular formula is C13H21BrN2O2S. The first-order valence-corrected chi connectivity index (χ1v) is 8.36. The number of nitrogens with two attached hydrogens (primary N) is 1. The minimum Gasteiger partial charge on any atom is -0.398 e. The lowest BCUT2D eigenvalue weighted by molar-refractivity contribution is 0.378. The fourth-order valence-corrected chi connectivity index (χ4v) is 3.35. The first kappa shape index (κ1) is 16.5. The van der Waals surface area contributed by atoms with Crippen LogP contribution < -0.4 is 10.5 Å². The monoisotopic (exact) mass is 348 g/mol. The second-order valence-electron chi connectivity index (χ2n) is 5.85. The summed E-state index contributed by atoms with van der Waals surface area (Å²) in [6.07, 6.45) is 0.775. The molecule has 0 heterocycles. The molecular weight excluding hydrogens is 328 g/mol. The zero-order chi connectivity index (χ0) is 14.8. The molecule has 1 aromatic carbocycles. The predicted molar refractivity (Wildman–Crippen MR) is 82.6 cm³/mol. The Morgan fingerprint density at radius 2 is 1.89 bits per heavy atom. The van der Waals surface area contributed by atoms with Crippen molar-refractivity contribution in [1.29, 1.82) is 0 Å². The SMILES string of the molecule is Cc1cc(Br)c(N)cc1S(=O)(=O)NCCC(C)(C)C. The zero-order valence-corrected chi connectivity index (χ0v) is 14.2. The van der Waals surface area contributed by atoms with Crippen LogP contribution in [-0.2, 0) is 10.0 Å². The van der Waals surface area contributed by atoms with Gasteiger partial charge in [-0.15, -0.1) is 0 Å². The van der Waals surface area contributed by atoms with E-state index < -0.39 is 10.0 Å². The van der Waals surface area contributed by atoms with Gasteiger partial charge in [-0.1, -0.05) is 20.8 Å². The maximum absolute atomic E-state index is 12.2. The fraction of sp³-hybridized carbons (Fsp3) is 0.538. The number of aryl methyl sites for hydroxylation is 1. The van der Waals surface area contributed by atoms with E-state index in [1.165, 1.54) is 6.07 Å². The van der Waals surface area contributed by atoms with E-state index in [1.807, 2.05) is 0 Å². The smallest absolute Gasteiger partial charge is 0.240 e. The Kier molecular flexibility index (Phi) is 5.03. The van der Waals surface area contributed by atoms with Gasteiger partial charge < -0.3 is 5.73 Å². The Morgan fingerprint density at radius 3 is 2.42 bits per heavy atom. The van der Waals surface area contributed by atoms with Crippen molar-refractivity contribution >= 4 is 31.6 Å². The number of benzene rings is 1. The largest absolute Gasteiger partial charge is 0.398 e. The van der Waals surface area contributed by atoms with E-state index in [2.05, 4.69) is 41.4 Å². The van der Waals surface area contributed by atoms with Crippen LogP contribution in [0.15, 0.2) is 21.5 Å². The highest BCUT2D eigenvalue weighted by Crippen LogP contribution is 2.26. The lowest BCUT2D eigenvalue weighted by Gasteiger charge is -2.18. The summed E-state index contributed by atoms with van der Waals surface area (Å²) in [4.78, 5) is 0.238. The van der Waals surface area contributed by atoms with E-state index in [1.54, 1.807) is 13.0 Å². The molecule has 1 aromatic rings. The van der Waals surface area contributed by atoms with Gasteiger partial charge in [-0.2, -0.15) is 0 Å². The molecule has 0 spiro atoms. The highest BCUT2D eigenvalue weighted by molar-refractivity contribution is 9.10. The predicted octanol–water partition coefficient (Wildman–Crippen LogP) is 3.05. The lowest BCUT2D eigenvalue weighted by atomic mass is 9.93. The van der Waals surface area contributed by atoms with Crippen LogP contribution in [0.4, 0.5) is 5.69 Å². The van der Waals surface area contributed by atoms with Gasteiger partial charge in [0.25, 0.3) is 0 Å². The molecule has 0 amide bonds. The highest BCUT2D eigenvalue weighted by Gasteiger charge is 2.19. The van der Waals surface area contributed by atoms with Crippen LogP contribution in [-0.4, -0.2) is 15.0 Å². The number of nitrogen functional groups attached to an aromatic ring is 1. The quantitative estimate of drug-likeness (QED) is 0.821. The average Bonchev–Trinajstić information content (AvgIpc) is 2.20. The highest BCUT2D eigenvalue weighted by atomic mass is 79.9. The fourth-order valence-electron chi connectivity index (χ4n) is 1.60. The molecule has 4 nitrogen and oxygen atoms in total. The van der Waals surface area contributed by atoms with Gasteiger partial charge >= 0.3 is 0 Å². The maximum Gasteiger partial charge on any atom is 0.240 e. The summed E-state index contributed by atoms with van der Waals surface area (Å²) in [5, 5.41) is 0. The summed E-state index contributed by atoms with van der Waals surface area (Å²) >= 11 is 3.29. The Morgan fingerprint density at radius 1 is 1.32 bits per heavy atom. The first-order valence-electron chi connectivity index (χ1n) is 6.08. The summed E-state index contributed by atoms with van der Waals surface area (Å²) in [7, 11) is -3.50. The molecule has 19 heavy (non-hydrogen) atoms. The van der Waals surface area contributed by atoms with E-state index >= 15 is 0 Å². The van der Waals surface area contributed by atoms with Crippen LogP contribution in [0, 0.1) is 12.3 Å². The topological polar surface area (TPSA) is 72.2 Å². The second kappa shape index (κ2) is 5.81. The van der Waals surface area contributed by atoms with Crippen LogP contribution in [0.5, 0.6) is 0 Å². The Bertz CT molecular complexity index is 563. The molecule has 0 fully saturated rings. The molecule has 1 rings (SSSR count). The second-order valence-corrected chi connectivity index (χ2v) is 8.44. The van der Waals surface area contributed by atoms with E-state index in [4.69, 9.17) is 5.73 Å². The molecule has 0 bridgehead atoms. The van der Waals surface area contributed by atoms with E-state index in [0.717, 1.165) is 6.42 Å². The zero-order valence-electron chi connectivity index (χ0n) is 11.7. The normalized spacial score (nSPS) is 12.7. The molecule has 0 aliphatic heterocycles. The van der Waals surface area contributed by atoms with Gasteiger partial charge in [-0.25, -0.2) is 13.1 Å². The number of nitrogens with one attached hydrogen (secondary N) is 1. The molecule has 3 N–H and O–H groups in total. The minimum absolute atomic E-state index is 0.0936. The van der Waals surface area contributed by atoms with Crippen molar-refractivity contribution in [2.45, 2.75) is 39.0 Å². The van der Waals surface area contributed by atoms with Gasteiger partial charge in [0.05, 0.1) is 4.90 Å². The summed E-state index contributed by atoms with van der Waals surface area (Å²) in [5.41, 5.74) is 6.93. The van der Waals surface area contributed by atoms with E-state index in [9.17, 15) is 8.42 Å². The third kappa shape index (κ3) is 4.78. The molecule has 0 aliphatic carbocycles. The molecule has 0 aromatic heterocycles. The van der Waals surface area contributed by atoms with Gasteiger partial charge in [-0.05, 0) is 52.4 Å². The van der Waals surface area contributed by atoms with Crippen LogP contribution in [0.1, 0.15) is 32.8 Å². The first-order chi connectivity index (χ1) is 8.53. The molecule has 0 unspecified atom stereocenters. The average molecular weight is 349 g/mol. The standard InChI is InChI=1S/C13H21BrN2O2S/c1-9-7-10(14)11(15)8-12(9)19(17,18)16-6-5-13(2,3)4/h7-8,16H,5-6,15H2,1-4H3. The summed E-state index contributed by atoms with van der Waals surface area (Å²) in [6.45, 7) is 8.39. The lowest BCUT2D eigenvalue weighted by Crippen LogP contribution is -2.28. The van der Waals surface area contributed by atoms with Crippen molar-refractivity contribution in [3.05, 3.63) is 22.2 Å². The van der Waals surface area contributed by atoms with Crippen LogP contribution in [0.2, 0.25) is 0 Å². The van der Waals surface area contributed by atoms with Crippen molar-refractivity contribution in [3.8, 4) is 0 Å². The summed E-state index contributed by atoms with van der Waals surface area (Å²) in [6, 6.07) is 3.20. The third-order valence-corrected chi connectivity index (χ3v) is 5.04. The maximum atomic E-state index is 12.2. The van der Waals surface area contributed by atoms with Gasteiger partial charge in [0.1, 0.15) is 0 Å². The van der Waals surface area contributed by atoms with Crippen LogP contribution >= 0.6 is 15.9 Å². The minimum atomic E-state index is -3.50. The number of anilines is 1. The number of halogens is 1.